The van der Waals surface area contributed by atoms with Gasteiger partial charge in [0.25, 0.3) is 0 Å². The SMILES string of the molecule is C[C@]12CC[C@H]3[C@@H](CC=C4CC(=O)C(CC#N)C[C@@H]43)[C@@H]1CC[C@@H]2O. The standard InChI is InChI=1S/C20H27NO2/c1-20-8-6-14-15(17(20)4-5-19(20)23)3-2-12-11-18(22)13(7-9-21)10-16(12)14/h2,13-17,19,23H,3-8,10-11H2,1H3/t13?,14-,15+,16-,17-,19-,20-/m0/s1. The Kier molecular flexibility index (Phi) is 3.65. The van der Waals surface area contributed by atoms with Gasteiger partial charge >= 0.3 is 0 Å². The lowest BCUT2D eigenvalue weighted by Crippen LogP contribution is -2.47. The van der Waals surface area contributed by atoms with Crippen LogP contribution in [0.15, 0.2) is 11.6 Å². The van der Waals surface area contributed by atoms with Crippen LogP contribution < -0.4 is 0 Å². The molecule has 4 rings (SSSR count). The maximum atomic E-state index is 12.3. The number of nitrogens with zero attached hydrogens (tertiary/aromatic N) is 1. The monoisotopic (exact) mass is 313 g/mol. The summed E-state index contributed by atoms with van der Waals surface area (Å²) in [6.07, 6.45) is 9.62. The van der Waals surface area contributed by atoms with Gasteiger partial charge in [0, 0.05) is 18.8 Å². The van der Waals surface area contributed by atoms with Gasteiger partial charge in [0.2, 0.25) is 0 Å². The summed E-state index contributed by atoms with van der Waals surface area (Å²) in [6.45, 7) is 2.30. The molecule has 0 heterocycles. The number of hydrogen-bond donors (Lipinski definition) is 1. The molecule has 0 amide bonds. The minimum absolute atomic E-state index is 0.0385. The first-order valence-corrected chi connectivity index (χ1v) is 9.31. The lowest BCUT2D eigenvalue weighted by molar-refractivity contribution is -0.125. The Hall–Kier alpha value is -1.14. The van der Waals surface area contributed by atoms with Crippen LogP contribution in [-0.2, 0) is 4.79 Å². The van der Waals surface area contributed by atoms with Crippen LogP contribution in [0, 0.1) is 46.3 Å². The van der Waals surface area contributed by atoms with Crippen molar-refractivity contribution in [2.75, 3.05) is 0 Å². The maximum Gasteiger partial charge on any atom is 0.141 e. The summed E-state index contributed by atoms with van der Waals surface area (Å²) in [4.78, 5) is 12.3. The summed E-state index contributed by atoms with van der Waals surface area (Å²) >= 11 is 0. The van der Waals surface area contributed by atoms with Crippen molar-refractivity contribution < 1.29 is 9.90 Å². The van der Waals surface area contributed by atoms with E-state index in [2.05, 4.69) is 19.1 Å². The minimum atomic E-state index is -0.127. The van der Waals surface area contributed by atoms with Crippen molar-refractivity contribution in [3.8, 4) is 6.07 Å². The molecule has 3 heteroatoms. The minimum Gasteiger partial charge on any atom is -0.393 e. The normalized spacial score (nSPS) is 48.7. The molecule has 0 aromatic carbocycles. The highest BCUT2D eigenvalue weighted by molar-refractivity contribution is 5.85. The summed E-state index contributed by atoms with van der Waals surface area (Å²) < 4.78 is 0. The Balaban J connectivity index is 1.60. The molecular weight excluding hydrogens is 286 g/mol. The summed E-state index contributed by atoms with van der Waals surface area (Å²) in [5.41, 5.74) is 1.48. The predicted molar refractivity (Wildman–Crippen MR) is 87.2 cm³/mol. The van der Waals surface area contributed by atoms with Gasteiger partial charge in [-0.1, -0.05) is 18.6 Å². The zero-order valence-electron chi connectivity index (χ0n) is 14.0. The molecule has 3 nitrogen and oxygen atoms in total. The Morgan fingerprint density at radius 2 is 2.17 bits per heavy atom. The second-order valence-electron chi connectivity index (χ2n) is 8.63. The van der Waals surface area contributed by atoms with E-state index in [1.54, 1.807) is 0 Å². The van der Waals surface area contributed by atoms with E-state index in [1.165, 1.54) is 12.0 Å². The van der Waals surface area contributed by atoms with Crippen LogP contribution >= 0.6 is 0 Å². The Morgan fingerprint density at radius 3 is 2.96 bits per heavy atom. The fourth-order valence-corrected chi connectivity index (χ4v) is 6.46. The predicted octanol–water partition coefficient (Wildman–Crippen LogP) is 3.63. The van der Waals surface area contributed by atoms with Gasteiger partial charge in [-0.3, -0.25) is 4.79 Å². The Morgan fingerprint density at radius 1 is 1.35 bits per heavy atom. The van der Waals surface area contributed by atoms with Crippen molar-refractivity contribution in [3.63, 3.8) is 0 Å². The molecule has 0 aromatic heterocycles. The molecule has 0 saturated heterocycles. The van der Waals surface area contributed by atoms with Crippen molar-refractivity contribution in [3.05, 3.63) is 11.6 Å². The third kappa shape index (κ3) is 2.22. The average Bonchev–Trinajstić information content (AvgIpc) is 2.84. The fraction of sp³-hybridized carbons (Fsp3) is 0.800. The number of carbonyl (C=O) groups excluding carboxylic acids is 1. The number of hydrogen-bond acceptors (Lipinski definition) is 3. The van der Waals surface area contributed by atoms with E-state index >= 15 is 0 Å². The number of fused-ring (bicyclic) bond motifs is 5. The van der Waals surface area contributed by atoms with Crippen LogP contribution in [0.3, 0.4) is 0 Å². The number of ketones is 1. The van der Waals surface area contributed by atoms with Crippen molar-refractivity contribution in [2.45, 2.75) is 64.4 Å². The molecule has 3 saturated carbocycles. The number of allylic oxidation sites excluding steroid dienone is 2. The summed E-state index contributed by atoms with van der Waals surface area (Å²) in [6, 6.07) is 2.21. The molecule has 0 bridgehead atoms. The number of nitriles is 1. The fourth-order valence-electron chi connectivity index (χ4n) is 6.46. The lowest BCUT2D eigenvalue weighted by atomic mass is 9.52. The summed E-state index contributed by atoms with van der Waals surface area (Å²) in [5, 5.41) is 19.5. The summed E-state index contributed by atoms with van der Waals surface area (Å²) in [5.74, 6) is 2.75. The van der Waals surface area contributed by atoms with Crippen molar-refractivity contribution in [1.29, 1.82) is 5.26 Å². The first kappa shape index (κ1) is 15.4. The highest BCUT2D eigenvalue weighted by atomic mass is 16.3. The van der Waals surface area contributed by atoms with E-state index in [0.29, 0.717) is 36.5 Å². The van der Waals surface area contributed by atoms with Gasteiger partial charge < -0.3 is 5.11 Å². The van der Waals surface area contributed by atoms with Gasteiger partial charge in [0.15, 0.2) is 0 Å². The molecule has 3 fully saturated rings. The first-order valence-electron chi connectivity index (χ1n) is 9.31. The highest BCUT2D eigenvalue weighted by Crippen LogP contribution is 2.61. The Labute approximate surface area is 138 Å². The van der Waals surface area contributed by atoms with Gasteiger partial charge in [0.1, 0.15) is 5.78 Å². The van der Waals surface area contributed by atoms with Crippen LogP contribution in [0.25, 0.3) is 0 Å². The van der Waals surface area contributed by atoms with Crippen LogP contribution in [-0.4, -0.2) is 17.0 Å². The number of aliphatic hydroxyl groups excluding tert-OH is 1. The molecule has 0 spiro atoms. The highest BCUT2D eigenvalue weighted by Gasteiger charge is 2.56. The molecule has 0 aromatic rings. The topological polar surface area (TPSA) is 61.1 Å². The molecule has 7 atom stereocenters. The van der Waals surface area contributed by atoms with Gasteiger partial charge in [-0.25, -0.2) is 0 Å². The van der Waals surface area contributed by atoms with Crippen molar-refractivity contribution >= 4 is 5.78 Å². The van der Waals surface area contributed by atoms with Crippen LogP contribution in [0.5, 0.6) is 0 Å². The van der Waals surface area contributed by atoms with Crippen LogP contribution in [0.4, 0.5) is 0 Å². The van der Waals surface area contributed by atoms with E-state index in [0.717, 1.165) is 32.1 Å². The molecule has 4 aliphatic rings. The number of rotatable bonds is 1. The largest absolute Gasteiger partial charge is 0.393 e. The van der Waals surface area contributed by atoms with Crippen molar-refractivity contribution in [2.24, 2.45) is 35.0 Å². The second-order valence-corrected chi connectivity index (χ2v) is 8.63. The van der Waals surface area contributed by atoms with E-state index in [-0.39, 0.29) is 23.2 Å². The van der Waals surface area contributed by atoms with E-state index in [4.69, 9.17) is 5.26 Å². The van der Waals surface area contributed by atoms with Gasteiger partial charge in [-0.15, -0.1) is 0 Å². The molecule has 4 aliphatic carbocycles. The third-order valence-corrected chi connectivity index (χ3v) is 7.80. The summed E-state index contributed by atoms with van der Waals surface area (Å²) in [7, 11) is 0. The van der Waals surface area contributed by atoms with Gasteiger partial charge in [-0.05, 0) is 67.6 Å². The van der Waals surface area contributed by atoms with Gasteiger partial charge in [0.05, 0.1) is 12.2 Å². The number of Topliss-reactive ketones (excluding diaryl/α,β-unsaturated/α-hetero) is 1. The second kappa shape index (κ2) is 5.45. The maximum absolute atomic E-state index is 12.3. The van der Waals surface area contributed by atoms with Crippen LogP contribution in [0.1, 0.15) is 58.3 Å². The van der Waals surface area contributed by atoms with E-state index in [9.17, 15) is 9.90 Å². The smallest absolute Gasteiger partial charge is 0.141 e. The molecule has 0 radical (unpaired) electrons. The number of aliphatic hydroxyl groups is 1. The molecule has 1 unspecified atom stereocenters. The average molecular weight is 313 g/mol. The van der Waals surface area contributed by atoms with E-state index in [1.807, 2.05) is 0 Å². The lowest BCUT2D eigenvalue weighted by Gasteiger charge is -2.53. The molecule has 1 N–H and O–H groups in total. The quantitative estimate of drug-likeness (QED) is 0.752. The van der Waals surface area contributed by atoms with Crippen molar-refractivity contribution in [1.82, 2.24) is 0 Å². The number of carbonyl (C=O) groups is 1. The third-order valence-electron chi connectivity index (χ3n) is 7.80. The molecule has 0 aliphatic heterocycles. The van der Waals surface area contributed by atoms with Gasteiger partial charge in [-0.2, -0.15) is 5.26 Å². The Bertz CT molecular complexity index is 589. The first-order chi connectivity index (χ1) is 11.0. The van der Waals surface area contributed by atoms with Crippen LogP contribution in [0.2, 0.25) is 0 Å². The molecule has 23 heavy (non-hydrogen) atoms. The molecular formula is C20H27NO2. The molecule has 124 valence electrons. The van der Waals surface area contributed by atoms with E-state index < -0.39 is 0 Å². The zero-order chi connectivity index (χ0) is 16.2. The zero-order valence-corrected chi connectivity index (χ0v) is 14.0.